The SMILES string of the molecule is O=S(=O)(Nc1cccc(Cl)c1)c1cccc(NS(=O)(=O)c2ccc3c(c2)OCCO3)c1. The maximum absolute atomic E-state index is 12.8. The normalized spacial score (nSPS) is 13.5. The van der Waals surface area contributed by atoms with Crippen molar-refractivity contribution in [1.29, 1.82) is 0 Å². The molecule has 0 atom stereocenters. The van der Waals surface area contributed by atoms with Crippen molar-refractivity contribution in [3.63, 3.8) is 0 Å². The van der Waals surface area contributed by atoms with Crippen molar-refractivity contribution in [2.75, 3.05) is 22.7 Å². The first-order chi connectivity index (χ1) is 14.7. The van der Waals surface area contributed by atoms with E-state index in [1.54, 1.807) is 18.2 Å². The van der Waals surface area contributed by atoms with Crippen LogP contribution in [0.1, 0.15) is 0 Å². The molecule has 31 heavy (non-hydrogen) atoms. The highest BCUT2D eigenvalue weighted by Gasteiger charge is 2.21. The van der Waals surface area contributed by atoms with Crippen LogP contribution in [0.3, 0.4) is 0 Å². The van der Waals surface area contributed by atoms with Gasteiger partial charge >= 0.3 is 0 Å². The van der Waals surface area contributed by atoms with Crippen LogP contribution >= 0.6 is 11.6 Å². The van der Waals surface area contributed by atoms with Crippen molar-refractivity contribution in [3.8, 4) is 11.5 Å². The van der Waals surface area contributed by atoms with Gasteiger partial charge in [0.2, 0.25) is 0 Å². The third-order valence-electron chi connectivity index (χ3n) is 4.30. The van der Waals surface area contributed by atoms with Gasteiger partial charge in [-0.1, -0.05) is 23.7 Å². The van der Waals surface area contributed by atoms with E-state index >= 15 is 0 Å². The topological polar surface area (TPSA) is 111 Å². The smallest absolute Gasteiger partial charge is 0.262 e. The fraction of sp³-hybridized carbons (Fsp3) is 0.100. The summed E-state index contributed by atoms with van der Waals surface area (Å²) in [6.07, 6.45) is 0. The summed E-state index contributed by atoms with van der Waals surface area (Å²) in [6.45, 7) is 0.714. The van der Waals surface area contributed by atoms with Gasteiger partial charge in [0.05, 0.1) is 21.2 Å². The number of nitrogens with one attached hydrogen (secondary N) is 2. The lowest BCUT2D eigenvalue weighted by Crippen LogP contribution is -2.18. The standard InChI is InChI=1S/C20H17ClN2O6S2/c21-14-3-1-4-15(11-14)22-30(24,25)17-6-2-5-16(12-17)23-31(26,27)18-7-8-19-20(13-18)29-10-9-28-19/h1-8,11-13,22-23H,9-10H2. The van der Waals surface area contributed by atoms with Gasteiger partial charge in [0, 0.05) is 11.1 Å². The maximum Gasteiger partial charge on any atom is 0.262 e. The second-order valence-corrected chi connectivity index (χ2v) is 10.4. The second kappa shape index (κ2) is 8.29. The zero-order valence-corrected chi connectivity index (χ0v) is 18.3. The predicted octanol–water partition coefficient (Wildman–Crippen LogP) is 3.71. The fourth-order valence-corrected chi connectivity index (χ4v) is 5.25. The Morgan fingerprint density at radius 3 is 1.94 bits per heavy atom. The van der Waals surface area contributed by atoms with Crippen LogP contribution in [0.15, 0.2) is 76.5 Å². The van der Waals surface area contributed by atoms with Gasteiger partial charge in [-0.25, -0.2) is 16.8 Å². The van der Waals surface area contributed by atoms with Crippen LogP contribution < -0.4 is 18.9 Å². The molecule has 0 fully saturated rings. The molecule has 0 radical (unpaired) electrons. The quantitative estimate of drug-likeness (QED) is 0.556. The number of hydrogen-bond acceptors (Lipinski definition) is 6. The van der Waals surface area contributed by atoms with Crippen LogP contribution in [0.4, 0.5) is 11.4 Å². The third-order valence-corrected chi connectivity index (χ3v) is 7.29. The Labute approximate surface area is 184 Å². The average Bonchev–Trinajstić information content (AvgIpc) is 2.73. The summed E-state index contributed by atoms with van der Waals surface area (Å²) in [5.41, 5.74) is 0.374. The predicted molar refractivity (Wildman–Crippen MR) is 117 cm³/mol. The van der Waals surface area contributed by atoms with E-state index in [0.717, 1.165) is 0 Å². The molecule has 0 aromatic heterocycles. The lowest BCUT2D eigenvalue weighted by atomic mass is 10.3. The fourth-order valence-electron chi connectivity index (χ4n) is 2.90. The van der Waals surface area contributed by atoms with Crippen molar-refractivity contribution in [1.82, 2.24) is 0 Å². The minimum Gasteiger partial charge on any atom is -0.486 e. The van der Waals surface area contributed by atoms with Gasteiger partial charge in [-0.3, -0.25) is 9.44 Å². The van der Waals surface area contributed by atoms with Crippen LogP contribution in [0.5, 0.6) is 11.5 Å². The van der Waals surface area contributed by atoms with Crippen LogP contribution in [0, 0.1) is 0 Å². The molecule has 0 bridgehead atoms. The summed E-state index contributed by atoms with van der Waals surface area (Å²) in [5.74, 6) is 0.793. The number of fused-ring (bicyclic) bond motifs is 1. The molecule has 0 saturated heterocycles. The van der Waals surface area contributed by atoms with E-state index in [1.807, 2.05) is 0 Å². The van der Waals surface area contributed by atoms with Gasteiger partial charge in [-0.2, -0.15) is 0 Å². The molecule has 3 aromatic rings. The zero-order chi connectivity index (χ0) is 22.1. The van der Waals surface area contributed by atoms with E-state index in [0.29, 0.717) is 29.7 Å². The first-order valence-electron chi connectivity index (χ1n) is 9.04. The molecule has 0 spiro atoms. The molecule has 2 N–H and O–H groups in total. The van der Waals surface area contributed by atoms with E-state index in [1.165, 1.54) is 48.5 Å². The van der Waals surface area contributed by atoms with E-state index in [9.17, 15) is 16.8 Å². The number of rotatable bonds is 6. The Morgan fingerprint density at radius 2 is 1.26 bits per heavy atom. The Morgan fingerprint density at radius 1 is 0.677 bits per heavy atom. The number of halogens is 1. The van der Waals surface area contributed by atoms with Crippen molar-refractivity contribution in [2.45, 2.75) is 9.79 Å². The number of sulfonamides is 2. The van der Waals surface area contributed by atoms with Crippen LogP contribution in [0.2, 0.25) is 5.02 Å². The molecule has 1 aliphatic heterocycles. The average molecular weight is 481 g/mol. The van der Waals surface area contributed by atoms with Crippen LogP contribution in [-0.4, -0.2) is 30.0 Å². The molecule has 162 valence electrons. The molecule has 0 saturated carbocycles. The Balaban J connectivity index is 1.58. The monoisotopic (exact) mass is 480 g/mol. The first-order valence-corrected chi connectivity index (χ1v) is 12.4. The molecule has 1 heterocycles. The van der Waals surface area contributed by atoms with E-state index in [-0.39, 0.29) is 21.2 Å². The largest absolute Gasteiger partial charge is 0.486 e. The molecule has 1 aliphatic rings. The Hall–Kier alpha value is -2.95. The minimum absolute atomic E-state index is 0.0398. The summed E-state index contributed by atoms with van der Waals surface area (Å²) >= 11 is 5.89. The van der Waals surface area contributed by atoms with Crippen molar-refractivity contribution >= 4 is 43.0 Å². The molecule has 0 amide bonds. The van der Waals surface area contributed by atoms with Crippen molar-refractivity contribution in [3.05, 3.63) is 71.8 Å². The van der Waals surface area contributed by atoms with E-state index in [4.69, 9.17) is 21.1 Å². The van der Waals surface area contributed by atoms with Gasteiger partial charge < -0.3 is 9.47 Å². The lowest BCUT2D eigenvalue weighted by molar-refractivity contribution is 0.171. The molecule has 11 heteroatoms. The zero-order valence-electron chi connectivity index (χ0n) is 15.9. The highest BCUT2D eigenvalue weighted by Crippen LogP contribution is 2.33. The first kappa shape index (κ1) is 21.3. The van der Waals surface area contributed by atoms with Crippen molar-refractivity contribution in [2.24, 2.45) is 0 Å². The number of benzene rings is 3. The van der Waals surface area contributed by atoms with Gasteiger partial charge in [0.15, 0.2) is 11.5 Å². The van der Waals surface area contributed by atoms with Crippen molar-refractivity contribution < 1.29 is 26.3 Å². The van der Waals surface area contributed by atoms with Crippen LogP contribution in [-0.2, 0) is 20.0 Å². The number of anilines is 2. The van der Waals surface area contributed by atoms with Crippen LogP contribution in [0.25, 0.3) is 0 Å². The van der Waals surface area contributed by atoms with Gasteiger partial charge in [0.1, 0.15) is 13.2 Å². The highest BCUT2D eigenvalue weighted by atomic mass is 35.5. The molecule has 4 rings (SSSR count). The Bertz CT molecular complexity index is 1340. The minimum atomic E-state index is -3.99. The summed E-state index contributed by atoms with van der Waals surface area (Å²) in [7, 11) is -7.96. The van der Waals surface area contributed by atoms with Gasteiger partial charge in [-0.05, 0) is 48.5 Å². The molecular weight excluding hydrogens is 464 g/mol. The summed E-state index contributed by atoms with van der Waals surface area (Å²) in [4.78, 5) is -0.156. The van der Waals surface area contributed by atoms with Gasteiger partial charge in [-0.15, -0.1) is 0 Å². The maximum atomic E-state index is 12.8. The molecular formula is C20H17ClN2O6S2. The summed E-state index contributed by atoms with van der Waals surface area (Å²) in [5, 5.41) is 0.376. The van der Waals surface area contributed by atoms with E-state index < -0.39 is 20.0 Å². The Kier molecular flexibility index (Phi) is 5.69. The molecule has 3 aromatic carbocycles. The lowest BCUT2D eigenvalue weighted by Gasteiger charge is -2.19. The highest BCUT2D eigenvalue weighted by molar-refractivity contribution is 7.93. The van der Waals surface area contributed by atoms with E-state index in [2.05, 4.69) is 9.44 Å². The number of hydrogen-bond donors (Lipinski definition) is 2. The number of ether oxygens (including phenoxy) is 2. The summed E-state index contributed by atoms with van der Waals surface area (Å²) < 4.78 is 66.6. The second-order valence-electron chi connectivity index (χ2n) is 6.55. The summed E-state index contributed by atoms with van der Waals surface area (Å²) in [6, 6.07) is 16.0. The molecule has 8 nitrogen and oxygen atoms in total. The third kappa shape index (κ3) is 4.87. The van der Waals surface area contributed by atoms with Gasteiger partial charge in [0.25, 0.3) is 20.0 Å². The molecule has 0 aliphatic carbocycles. The molecule has 0 unspecified atom stereocenters.